The van der Waals surface area contributed by atoms with E-state index in [-0.39, 0.29) is 0 Å². The van der Waals surface area contributed by atoms with Gasteiger partial charge in [-0.3, -0.25) is 0 Å². The van der Waals surface area contributed by atoms with E-state index in [1.807, 2.05) is 11.3 Å². The lowest BCUT2D eigenvalue weighted by Gasteiger charge is -2.29. The van der Waals surface area contributed by atoms with Gasteiger partial charge in [0.25, 0.3) is 0 Å². The Kier molecular flexibility index (Phi) is 8.09. The van der Waals surface area contributed by atoms with E-state index in [1.54, 1.807) is 0 Å². The van der Waals surface area contributed by atoms with E-state index in [9.17, 15) is 0 Å². The quantitative estimate of drug-likeness (QED) is 0.160. The van der Waals surface area contributed by atoms with Gasteiger partial charge in [-0.05, 0) is 92.2 Å². The van der Waals surface area contributed by atoms with Gasteiger partial charge in [-0.25, -0.2) is 0 Å². The number of nitrogens with zero attached hydrogens (tertiary/aromatic N) is 1. The first-order chi connectivity index (χ1) is 26.8. The van der Waals surface area contributed by atoms with Crippen molar-refractivity contribution in [1.29, 1.82) is 0 Å². The van der Waals surface area contributed by atoms with Crippen LogP contribution in [0.25, 0.3) is 75.5 Å². The summed E-state index contributed by atoms with van der Waals surface area (Å²) in [6.07, 6.45) is 0. The first-order valence-corrected chi connectivity index (χ1v) is 19.2. The van der Waals surface area contributed by atoms with Gasteiger partial charge in [-0.15, -0.1) is 11.3 Å². The van der Waals surface area contributed by atoms with Crippen molar-refractivity contribution in [3.05, 3.63) is 212 Å². The molecule has 1 heterocycles. The Morgan fingerprint density at radius 2 is 0.852 bits per heavy atom. The predicted molar refractivity (Wildman–Crippen MR) is 233 cm³/mol. The van der Waals surface area contributed by atoms with Crippen LogP contribution < -0.4 is 4.90 Å². The van der Waals surface area contributed by atoms with Crippen molar-refractivity contribution in [2.75, 3.05) is 4.90 Å². The van der Waals surface area contributed by atoms with E-state index in [0.29, 0.717) is 0 Å². The Morgan fingerprint density at radius 3 is 1.72 bits per heavy atom. The molecule has 0 spiro atoms. The molecule has 0 bridgehead atoms. The maximum absolute atomic E-state index is 2.46. The number of hydrogen-bond donors (Lipinski definition) is 0. The zero-order valence-corrected chi connectivity index (χ0v) is 30.4. The second-order valence-corrected chi connectivity index (χ2v) is 14.8. The van der Waals surface area contributed by atoms with Crippen molar-refractivity contribution in [1.82, 2.24) is 0 Å². The van der Waals surface area contributed by atoms with E-state index in [1.165, 1.54) is 81.1 Å². The standard InChI is InChI=1S/C52H35NS/c1-2-13-36(14-3-1)37-27-29-40(30-28-37)46-20-6-8-23-48(46)53(49-24-12-26-51-52(49)47-21-7-9-25-50(47)54-51)43-33-31-38(32-34-43)41-17-10-18-42(35-41)45-22-11-16-39-15-4-5-19-44(39)45/h1-35H. The van der Waals surface area contributed by atoms with Gasteiger partial charge < -0.3 is 4.90 Å². The van der Waals surface area contributed by atoms with Gasteiger partial charge in [-0.1, -0.05) is 170 Å². The number of para-hydroxylation sites is 1. The molecule has 1 nitrogen and oxygen atoms in total. The monoisotopic (exact) mass is 705 g/mol. The van der Waals surface area contributed by atoms with Crippen LogP contribution in [0, 0.1) is 0 Å². The van der Waals surface area contributed by atoms with E-state index in [0.717, 1.165) is 11.4 Å². The predicted octanol–water partition coefficient (Wildman–Crippen LogP) is 15.3. The topological polar surface area (TPSA) is 3.24 Å². The van der Waals surface area contributed by atoms with E-state index in [2.05, 4.69) is 217 Å². The smallest absolute Gasteiger partial charge is 0.0555 e. The molecule has 254 valence electrons. The molecule has 9 aromatic carbocycles. The summed E-state index contributed by atoms with van der Waals surface area (Å²) in [5.74, 6) is 0. The maximum atomic E-state index is 2.46. The van der Waals surface area contributed by atoms with Crippen LogP contribution in [0.15, 0.2) is 212 Å². The minimum atomic E-state index is 1.11. The molecule has 54 heavy (non-hydrogen) atoms. The van der Waals surface area contributed by atoms with Gasteiger partial charge >= 0.3 is 0 Å². The van der Waals surface area contributed by atoms with Crippen LogP contribution in [0.5, 0.6) is 0 Å². The Bertz CT molecular complexity index is 2920. The summed E-state index contributed by atoms with van der Waals surface area (Å²) < 4.78 is 2.58. The normalized spacial score (nSPS) is 11.3. The number of anilines is 3. The third-order valence-electron chi connectivity index (χ3n) is 10.5. The number of fused-ring (bicyclic) bond motifs is 4. The molecule has 0 aliphatic carbocycles. The highest BCUT2D eigenvalue weighted by atomic mass is 32.1. The second kappa shape index (κ2) is 13.7. The van der Waals surface area contributed by atoms with Gasteiger partial charge in [-0.2, -0.15) is 0 Å². The van der Waals surface area contributed by atoms with Crippen LogP contribution in [0.3, 0.4) is 0 Å². The zero-order chi connectivity index (χ0) is 35.8. The van der Waals surface area contributed by atoms with Crippen LogP contribution in [0.4, 0.5) is 17.1 Å². The second-order valence-electron chi connectivity index (χ2n) is 13.7. The molecule has 0 N–H and O–H groups in total. The molecule has 0 amide bonds. The average Bonchev–Trinajstić information content (AvgIpc) is 3.64. The number of rotatable bonds is 7. The van der Waals surface area contributed by atoms with E-state index < -0.39 is 0 Å². The van der Waals surface area contributed by atoms with Crippen molar-refractivity contribution < 1.29 is 0 Å². The van der Waals surface area contributed by atoms with Gasteiger partial charge in [0.2, 0.25) is 0 Å². The van der Waals surface area contributed by atoms with Crippen molar-refractivity contribution in [3.63, 3.8) is 0 Å². The molecule has 0 aliphatic heterocycles. The minimum absolute atomic E-state index is 1.11. The Labute approximate surface area is 319 Å². The molecular formula is C52H35NS. The number of hydrogen-bond acceptors (Lipinski definition) is 2. The fourth-order valence-electron chi connectivity index (χ4n) is 7.88. The molecule has 0 saturated heterocycles. The summed E-state index contributed by atoms with van der Waals surface area (Å²) >= 11 is 1.86. The molecule has 0 radical (unpaired) electrons. The zero-order valence-electron chi connectivity index (χ0n) is 29.6. The lowest BCUT2D eigenvalue weighted by atomic mass is 9.95. The largest absolute Gasteiger partial charge is 0.309 e. The lowest BCUT2D eigenvalue weighted by Crippen LogP contribution is -2.11. The Balaban J connectivity index is 1.11. The Morgan fingerprint density at radius 1 is 0.315 bits per heavy atom. The molecule has 0 aliphatic rings. The van der Waals surface area contributed by atoms with Gasteiger partial charge in [0.15, 0.2) is 0 Å². The summed E-state index contributed by atoms with van der Waals surface area (Å²) in [4.78, 5) is 2.46. The first-order valence-electron chi connectivity index (χ1n) is 18.4. The van der Waals surface area contributed by atoms with Crippen LogP contribution in [0.1, 0.15) is 0 Å². The fraction of sp³-hybridized carbons (Fsp3) is 0. The number of benzene rings is 9. The molecule has 0 unspecified atom stereocenters. The van der Waals surface area contributed by atoms with Crippen molar-refractivity contribution in [2.24, 2.45) is 0 Å². The maximum Gasteiger partial charge on any atom is 0.0555 e. The SMILES string of the molecule is c1ccc(-c2ccc(-c3ccccc3N(c3ccc(-c4cccc(-c5cccc6ccccc56)c4)cc3)c3cccc4sc5ccccc5c34)cc2)cc1. The number of thiophene rings is 1. The highest BCUT2D eigenvalue weighted by Crippen LogP contribution is 2.47. The van der Waals surface area contributed by atoms with Gasteiger partial charge in [0, 0.05) is 31.4 Å². The summed E-state index contributed by atoms with van der Waals surface area (Å²) in [6.45, 7) is 0. The van der Waals surface area contributed by atoms with Crippen LogP contribution in [-0.2, 0) is 0 Å². The molecule has 10 rings (SSSR count). The molecule has 10 aromatic rings. The molecule has 0 saturated carbocycles. The minimum Gasteiger partial charge on any atom is -0.309 e. The molecule has 2 heteroatoms. The fourth-order valence-corrected chi connectivity index (χ4v) is 9.01. The molecular weight excluding hydrogens is 671 g/mol. The summed E-state index contributed by atoms with van der Waals surface area (Å²) in [5, 5.41) is 5.08. The van der Waals surface area contributed by atoms with Crippen LogP contribution in [-0.4, -0.2) is 0 Å². The van der Waals surface area contributed by atoms with Crippen LogP contribution >= 0.6 is 11.3 Å². The van der Waals surface area contributed by atoms with Crippen LogP contribution in [0.2, 0.25) is 0 Å². The van der Waals surface area contributed by atoms with E-state index in [4.69, 9.17) is 0 Å². The van der Waals surface area contributed by atoms with Crippen molar-refractivity contribution in [2.45, 2.75) is 0 Å². The summed E-state index contributed by atoms with van der Waals surface area (Å²) in [7, 11) is 0. The average molecular weight is 706 g/mol. The molecule has 0 fully saturated rings. The van der Waals surface area contributed by atoms with E-state index >= 15 is 0 Å². The Hall–Kier alpha value is -6.74. The summed E-state index contributed by atoms with van der Waals surface area (Å²) in [6, 6.07) is 77.1. The van der Waals surface area contributed by atoms with Crippen molar-refractivity contribution >= 4 is 59.3 Å². The van der Waals surface area contributed by atoms with Crippen molar-refractivity contribution in [3.8, 4) is 44.5 Å². The molecule has 1 aromatic heterocycles. The first kappa shape index (κ1) is 32.0. The highest BCUT2D eigenvalue weighted by Gasteiger charge is 2.21. The highest BCUT2D eigenvalue weighted by molar-refractivity contribution is 7.26. The molecule has 0 atom stereocenters. The summed E-state index contributed by atoms with van der Waals surface area (Å²) in [5.41, 5.74) is 13.1. The third kappa shape index (κ3) is 5.74. The lowest BCUT2D eigenvalue weighted by molar-refractivity contribution is 1.30. The third-order valence-corrected chi connectivity index (χ3v) is 11.6. The van der Waals surface area contributed by atoms with Gasteiger partial charge in [0.05, 0.1) is 11.4 Å². The van der Waals surface area contributed by atoms with Gasteiger partial charge in [0.1, 0.15) is 0 Å².